The molecule has 1 N–H and O–H groups in total. The van der Waals surface area contributed by atoms with Gasteiger partial charge in [0, 0.05) is 9.75 Å². The van der Waals surface area contributed by atoms with Crippen LogP contribution in [0.1, 0.15) is 21.4 Å². The molecule has 1 nitrogen and oxygen atoms in total. The van der Waals surface area contributed by atoms with Gasteiger partial charge in [-0.1, -0.05) is 5.92 Å². The van der Waals surface area contributed by atoms with Gasteiger partial charge in [0.25, 0.3) is 0 Å². The van der Waals surface area contributed by atoms with Crippen molar-refractivity contribution in [3.63, 3.8) is 0 Å². The summed E-state index contributed by atoms with van der Waals surface area (Å²) in [6.07, 6.45) is 5.37. The van der Waals surface area contributed by atoms with Gasteiger partial charge in [-0.2, -0.15) is 0 Å². The van der Waals surface area contributed by atoms with Gasteiger partial charge < -0.3 is 5.32 Å². The molecule has 0 fully saturated rings. The van der Waals surface area contributed by atoms with Crippen LogP contribution in [0.15, 0.2) is 6.07 Å². The molecule has 0 saturated carbocycles. The summed E-state index contributed by atoms with van der Waals surface area (Å²) in [5, 5.41) is 3.08. The molecule has 0 bridgehead atoms. The fourth-order valence-corrected chi connectivity index (χ4v) is 2.16. The van der Waals surface area contributed by atoms with E-state index in [1.807, 2.05) is 7.05 Å². The lowest BCUT2D eigenvalue weighted by atomic mass is 10.2. The van der Waals surface area contributed by atoms with E-state index in [9.17, 15) is 0 Å². The van der Waals surface area contributed by atoms with Crippen molar-refractivity contribution in [3.8, 4) is 12.3 Å². The van der Waals surface area contributed by atoms with E-state index in [-0.39, 0.29) is 6.04 Å². The predicted molar refractivity (Wildman–Crippen MR) is 54.4 cm³/mol. The molecular formula is C10H13NS. The Morgan fingerprint density at radius 2 is 2.25 bits per heavy atom. The summed E-state index contributed by atoms with van der Waals surface area (Å²) in [5.74, 6) is 2.71. The van der Waals surface area contributed by atoms with E-state index in [2.05, 4.69) is 31.2 Å². The summed E-state index contributed by atoms with van der Waals surface area (Å²) in [5.41, 5.74) is 1.32. The maximum atomic E-state index is 5.37. The Hall–Kier alpha value is -0.780. The smallest absolute Gasteiger partial charge is 0.103 e. The molecule has 1 heterocycles. The lowest BCUT2D eigenvalue weighted by molar-refractivity contribution is 0.749. The molecule has 0 saturated heterocycles. The van der Waals surface area contributed by atoms with Crippen LogP contribution in [0.4, 0.5) is 0 Å². The molecule has 0 aliphatic rings. The molecule has 0 spiro atoms. The zero-order chi connectivity index (χ0) is 9.14. The third-order valence-electron chi connectivity index (χ3n) is 1.92. The van der Waals surface area contributed by atoms with Crippen LogP contribution < -0.4 is 5.32 Å². The highest BCUT2D eigenvalue weighted by atomic mass is 32.1. The second-order valence-electron chi connectivity index (χ2n) is 2.78. The van der Waals surface area contributed by atoms with E-state index in [4.69, 9.17) is 6.42 Å². The van der Waals surface area contributed by atoms with Gasteiger partial charge in [0.1, 0.15) is 6.04 Å². The van der Waals surface area contributed by atoms with Crippen LogP contribution in [0.2, 0.25) is 0 Å². The Bertz CT molecular complexity index is 287. The molecule has 0 radical (unpaired) electrons. The van der Waals surface area contributed by atoms with Gasteiger partial charge >= 0.3 is 0 Å². The van der Waals surface area contributed by atoms with Crippen LogP contribution in [0.3, 0.4) is 0 Å². The number of nitrogens with one attached hydrogen (secondary N) is 1. The van der Waals surface area contributed by atoms with Gasteiger partial charge in [-0.05, 0) is 32.5 Å². The Morgan fingerprint density at radius 3 is 2.58 bits per heavy atom. The van der Waals surface area contributed by atoms with Gasteiger partial charge in [0.2, 0.25) is 0 Å². The second kappa shape index (κ2) is 3.75. The zero-order valence-corrected chi connectivity index (χ0v) is 8.46. The normalized spacial score (nSPS) is 12.5. The minimum absolute atomic E-state index is 0.0717. The lowest BCUT2D eigenvalue weighted by Crippen LogP contribution is -2.12. The summed E-state index contributed by atoms with van der Waals surface area (Å²) in [6.45, 7) is 4.23. The number of terminal acetylenes is 1. The first kappa shape index (κ1) is 9.31. The van der Waals surface area contributed by atoms with Crippen LogP contribution in [-0.4, -0.2) is 7.05 Å². The van der Waals surface area contributed by atoms with Crippen LogP contribution in [0.25, 0.3) is 0 Å². The average molecular weight is 179 g/mol. The largest absolute Gasteiger partial charge is 0.302 e. The molecule has 12 heavy (non-hydrogen) atoms. The summed E-state index contributed by atoms with van der Waals surface area (Å²) in [4.78, 5) is 2.58. The molecule has 1 unspecified atom stereocenters. The number of thiophene rings is 1. The summed E-state index contributed by atoms with van der Waals surface area (Å²) < 4.78 is 0. The molecule has 0 aromatic carbocycles. The van der Waals surface area contributed by atoms with E-state index < -0.39 is 0 Å². The van der Waals surface area contributed by atoms with Crippen molar-refractivity contribution in [2.75, 3.05) is 7.05 Å². The first-order chi connectivity index (χ1) is 5.69. The minimum Gasteiger partial charge on any atom is -0.302 e. The first-order valence-electron chi connectivity index (χ1n) is 3.89. The van der Waals surface area contributed by atoms with E-state index in [0.29, 0.717) is 0 Å². The fourth-order valence-electron chi connectivity index (χ4n) is 1.05. The number of hydrogen-bond acceptors (Lipinski definition) is 2. The van der Waals surface area contributed by atoms with Crippen molar-refractivity contribution in [2.45, 2.75) is 19.9 Å². The van der Waals surface area contributed by atoms with Crippen molar-refractivity contribution in [2.24, 2.45) is 0 Å². The topological polar surface area (TPSA) is 12.0 Å². The van der Waals surface area contributed by atoms with E-state index in [1.165, 1.54) is 15.3 Å². The van der Waals surface area contributed by atoms with Crippen LogP contribution in [0, 0.1) is 26.2 Å². The number of rotatable bonds is 2. The number of aryl methyl sites for hydroxylation is 2. The molecule has 0 amide bonds. The van der Waals surface area contributed by atoms with Gasteiger partial charge in [-0.15, -0.1) is 17.8 Å². The highest BCUT2D eigenvalue weighted by Crippen LogP contribution is 2.25. The van der Waals surface area contributed by atoms with E-state index in [0.717, 1.165) is 0 Å². The van der Waals surface area contributed by atoms with Gasteiger partial charge in [0.15, 0.2) is 0 Å². The molecule has 64 valence electrons. The third-order valence-corrected chi connectivity index (χ3v) is 3.14. The molecule has 2 heteroatoms. The summed E-state index contributed by atoms with van der Waals surface area (Å²) in [7, 11) is 1.88. The standard InChI is InChI=1S/C10H13NS/c1-5-9(11-4)10-6-7(2)8(3)12-10/h1,6,9,11H,2-4H3. The van der Waals surface area contributed by atoms with Crippen molar-refractivity contribution in [1.82, 2.24) is 5.32 Å². The maximum Gasteiger partial charge on any atom is 0.103 e. The Kier molecular flexibility index (Phi) is 2.91. The highest BCUT2D eigenvalue weighted by Gasteiger charge is 2.08. The van der Waals surface area contributed by atoms with Crippen LogP contribution in [-0.2, 0) is 0 Å². The van der Waals surface area contributed by atoms with Crippen LogP contribution >= 0.6 is 11.3 Å². The van der Waals surface area contributed by atoms with Crippen molar-refractivity contribution >= 4 is 11.3 Å². The molecular weight excluding hydrogens is 166 g/mol. The lowest BCUT2D eigenvalue weighted by Gasteiger charge is -2.04. The van der Waals surface area contributed by atoms with Gasteiger partial charge in [0.05, 0.1) is 0 Å². The molecule has 1 aromatic heterocycles. The Balaban J connectivity index is 2.96. The number of hydrogen-bond donors (Lipinski definition) is 1. The zero-order valence-electron chi connectivity index (χ0n) is 7.64. The third kappa shape index (κ3) is 1.69. The quantitative estimate of drug-likeness (QED) is 0.687. The van der Waals surface area contributed by atoms with Crippen molar-refractivity contribution in [3.05, 3.63) is 21.4 Å². The molecule has 1 atom stereocenters. The molecule has 0 aliphatic carbocycles. The SMILES string of the molecule is C#CC(NC)c1cc(C)c(C)s1. The van der Waals surface area contributed by atoms with Gasteiger partial charge in [-0.3, -0.25) is 0 Å². The summed E-state index contributed by atoms with van der Waals surface area (Å²) >= 11 is 1.77. The minimum atomic E-state index is 0.0717. The van der Waals surface area contributed by atoms with E-state index >= 15 is 0 Å². The molecule has 1 aromatic rings. The van der Waals surface area contributed by atoms with Crippen LogP contribution in [0.5, 0.6) is 0 Å². The van der Waals surface area contributed by atoms with E-state index in [1.54, 1.807) is 11.3 Å². The predicted octanol–water partition coefficient (Wildman–Crippen LogP) is 2.26. The Labute approximate surface area is 77.8 Å². The molecule has 1 rings (SSSR count). The summed E-state index contributed by atoms with van der Waals surface area (Å²) in [6, 6.07) is 2.23. The monoisotopic (exact) mass is 179 g/mol. The maximum absolute atomic E-state index is 5.37. The van der Waals surface area contributed by atoms with Crippen molar-refractivity contribution < 1.29 is 0 Å². The fraction of sp³-hybridized carbons (Fsp3) is 0.400. The van der Waals surface area contributed by atoms with Gasteiger partial charge in [-0.25, -0.2) is 0 Å². The highest BCUT2D eigenvalue weighted by molar-refractivity contribution is 7.12. The van der Waals surface area contributed by atoms with Crippen molar-refractivity contribution in [1.29, 1.82) is 0 Å². The second-order valence-corrected chi connectivity index (χ2v) is 4.06. The first-order valence-corrected chi connectivity index (χ1v) is 4.71. The Morgan fingerprint density at radius 1 is 1.58 bits per heavy atom. The average Bonchev–Trinajstić information content (AvgIpc) is 2.35. The molecule has 0 aliphatic heterocycles.